The molecule has 0 aliphatic rings. The summed E-state index contributed by atoms with van der Waals surface area (Å²) >= 11 is 5.53. The molecule has 0 spiro atoms. The lowest BCUT2D eigenvalue weighted by Crippen LogP contribution is -2.17. The van der Waals surface area contributed by atoms with Crippen LogP contribution >= 0.6 is 11.6 Å². The molecule has 0 aromatic heterocycles. The van der Waals surface area contributed by atoms with Gasteiger partial charge in [-0.3, -0.25) is 4.79 Å². The van der Waals surface area contributed by atoms with Crippen molar-refractivity contribution in [2.24, 2.45) is 0 Å². The lowest BCUT2D eigenvalue weighted by molar-refractivity contribution is -0.141. The number of benzene rings is 1. The van der Waals surface area contributed by atoms with E-state index >= 15 is 0 Å². The maximum Gasteiger partial charge on any atom is 0.325 e. The van der Waals surface area contributed by atoms with Gasteiger partial charge in [0.2, 0.25) is 0 Å². The SMILES string of the molecule is CCCCOC(=O)CNc1ccc(Cl)c(F)c1. The van der Waals surface area contributed by atoms with Gasteiger partial charge >= 0.3 is 5.97 Å². The molecule has 17 heavy (non-hydrogen) atoms. The van der Waals surface area contributed by atoms with Crippen molar-refractivity contribution in [3.05, 3.63) is 29.0 Å². The van der Waals surface area contributed by atoms with Crippen molar-refractivity contribution in [1.29, 1.82) is 0 Å². The van der Waals surface area contributed by atoms with Crippen LogP contribution in [0.1, 0.15) is 19.8 Å². The first kappa shape index (κ1) is 13.8. The molecule has 0 fully saturated rings. The third-order valence-corrected chi connectivity index (χ3v) is 2.42. The van der Waals surface area contributed by atoms with E-state index in [1.165, 1.54) is 12.1 Å². The largest absolute Gasteiger partial charge is 0.464 e. The second-order valence-corrected chi connectivity index (χ2v) is 3.96. The number of anilines is 1. The molecule has 0 aliphatic heterocycles. The van der Waals surface area contributed by atoms with E-state index in [2.05, 4.69) is 5.32 Å². The van der Waals surface area contributed by atoms with Gasteiger partial charge in [-0.05, 0) is 24.6 Å². The van der Waals surface area contributed by atoms with Gasteiger partial charge in [0.15, 0.2) is 0 Å². The van der Waals surface area contributed by atoms with Crippen LogP contribution in [0.25, 0.3) is 0 Å². The summed E-state index contributed by atoms with van der Waals surface area (Å²) in [5.74, 6) is -0.871. The lowest BCUT2D eigenvalue weighted by Gasteiger charge is -2.07. The quantitative estimate of drug-likeness (QED) is 0.630. The number of esters is 1. The zero-order valence-electron chi connectivity index (χ0n) is 9.63. The fourth-order valence-corrected chi connectivity index (χ4v) is 1.28. The van der Waals surface area contributed by atoms with Crippen LogP contribution in [-0.4, -0.2) is 19.1 Å². The molecule has 0 atom stereocenters. The van der Waals surface area contributed by atoms with Crippen LogP contribution in [0, 0.1) is 5.82 Å². The summed E-state index contributed by atoms with van der Waals surface area (Å²) < 4.78 is 18.0. The van der Waals surface area contributed by atoms with Crippen LogP contribution in [0.3, 0.4) is 0 Å². The number of ether oxygens (including phenoxy) is 1. The van der Waals surface area contributed by atoms with E-state index in [9.17, 15) is 9.18 Å². The van der Waals surface area contributed by atoms with Gasteiger partial charge in [0.25, 0.3) is 0 Å². The molecule has 1 N–H and O–H groups in total. The highest BCUT2D eigenvalue weighted by Gasteiger charge is 2.04. The van der Waals surface area contributed by atoms with Gasteiger partial charge in [-0.2, -0.15) is 0 Å². The first-order valence-corrected chi connectivity index (χ1v) is 5.86. The van der Waals surface area contributed by atoms with E-state index in [4.69, 9.17) is 16.3 Å². The van der Waals surface area contributed by atoms with Crippen LogP contribution < -0.4 is 5.32 Å². The number of hydrogen-bond donors (Lipinski definition) is 1. The molecule has 94 valence electrons. The Morgan fingerprint density at radius 3 is 2.94 bits per heavy atom. The van der Waals surface area contributed by atoms with E-state index in [1.54, 1.807) is 6.07 Å². The third kappa shape index (κ3) is 5.04. The Bertz CT molecular complexity index is 385. The average molecular weight is 260 g/mol. The summed E-state index contributed by atoms with van der Waals surface area (Å²) in [6, 6.07) is 4.27. The van der Waals surface area contributed by atoms with Crippen LogP contribution in [-0.2, 0) is 9.53 Å². The first-order chi connectivity index (χ1) is 8.13. The van der Waals surface area contributed by atoms with E-state index in [0.717, 1.165) is 12.8 Å². The van der Waals surface area contributed by atoms with E-state index in [0.29, 0.717) is 12.3 Å². The van der Waals surface area contributed by atoms with Gasteiger partial charge in [0.05, 0.1) is 11.6 Å². The number of nitrogens with one attached hydrogen (secondary N) is 1. The fraction of sp³-hybridized carbons (Fsp3) is 0.417. The Labute approximate surface area is 105 Å². The van der Waals surface area contributed by atoms with E-state index in [1.807, 2.05) is 6.92 Å². The Balaban J connectivity index is 2.34. The summed E-state index contributed by atoms with van der Waals surface area (Å²) in [5.41, 5.74) is 0.499. The summed E-state index contributed by atoms with van der Waals surface area (Å²) in [6.45, 7) is 2.46. The Hall–Kier alpha value is -1.29. The number of carbonyl (C=O) groups is 1. The van der Waals surface area contributed by atoms with Crippen molar-refractivity contribution < 1.29 is 13.9 Å². The van der Waals surface area contributed by atoms with Gasteiger partial charge in [-0.25, -0.2) is 4.39 Å². The molecular formula is C12H15ClFNO2. The topological polar surface area (TPSA) is 38.3 Å². The lowest BCUT2D eigenvalue weighted by atomic mass is 10.3. The highest BCUT2D eigenvalue weighted by atomic mass is 35.5. The fourth-order valence-electron chi connectivity index (χ4n) is 1.16. The predicted octanol–water partition coefficient (Wildman–Crippen LogP) is 3.23. The smallest absolute Gasteiger partial charge is 0.325 e. The van der Waals surface area contributed by atoms with E-state index < -0.39 is 5.82 Å². The number of unbranched alkanes of at least 4 members (excludes halogenated alkanes) is 1. The van der Waals surface area contributed by atoms with Crippen molar-refractivity contribution >= 4 is 23.3 Å². The molecule has 0 saturated heterocycles. The molecule has 3 nitrogen and oxygen atoms in total. The predicted molar refractivity (Wildman–Crippen MR) is 65.8 cm³/mol. The van der Waals surface area contributed by atoms with Crippen LogP contribution in [0.2, 0.25) is 5.02 Å². The second kappa shape index (κ2) is 7.12. The van der Waals surface area contributed by atoms with Gasteiger partial charge in [0, 0.05) is 5.69 Å². The average Bonchev–Trinajstić information content (AvgIpc) is 2.31. The van der Waals surface area contributed by atoms with Crippen LogP contribution in [0.15, 0.2) is 18.2 Å². The van der Waals surface area contributed by atoms with Gasteiger partial charge < -0.3 is 10.1 Å². The molecule has 1 aromatic rings. The minimum atomic E-state index is -0.518. The third-order valence-electron chi connectivity index (χ3n) is 2.12. The maximum absolute atomic E-state index is 13.1. The van der Waals surface area contributed by atoms with Crippen molar-refractivity contribution in [3.8, 4) is 0 Å². The number of rotatable bonds is 6. The molecule has 1 aromatic carbocycles. The van der Waals surface area contributed by atoms with Gasteiger partial charge in [-0.1, -0.05) is 24.9 Å². The standard InChI is InChI=1S/C12H15ClFNO2/c1-2-3-6-17-12(16)8-15-9-4-5-10(13)11(14)7-9/h4-5,7,15H,2-3,6,8H2,1H3. The molecule has 0 amide bonds. The zero-order chi connectivity index (χ0) is 12.7. The van der Waals surface area contributed by atoms with E-state index in [-0.39, 0.29) is 17.5 Å². The molecule has 0 bridgehead atoms. The molecule has 0 aliphatic carbocycles. The van der Waals surface area contributed by atoms with Crippen molar-refractivity contribution in [1.82, 2.24) is 0 Å². The number of hydrogen-bond acceptors (Lipinski definition) is 3. The Kier molecular flexibility index (Phi) is 5.77. The van der Waals surface area contributed by atoms with Gasteiger partial charge in [0.1, 0.15) is 12.4 Å². The summed E-state index contributed by atoms with van der Waals surface area (Å²) in [5, 5.41) is 2.82. The monoisotopic (exact) mass is 259 g/mol. The first-order valence-electron chi connectivity index (χ1n) is 5.48. The molecule has 0 heterocycles. The molecule has 5 heteroatoms. The maximum atomic E-state index is 13.1. The molecule has 0 saturated carbocycles. The molecule has 0 radical (unpaired) electrons. The minimum Gasteiger partial charge on any atom is -0.464 e. The van der Waals surface area contributed by atoms with Gasteiger partial charge in [-0.15, -0.1) is 0 Å². The van der Waals surface area contributed by atoms with Crippen molar-refractivity contribution in [3.63, 3.8) is 0 Å². The van der Waals surface area contributed by atoms with Crippen molar-refractivity contribution in [2.45, 2.75) is 19.8 Å². The molecule has 0 unspecified atom stereocenters. The number of halogens is 2. The normalized spacial score (nSPS) is 10.1. The molecule has 1 rings (SSSR count). The summed E-state index contributed by atoms with van der Waals surface area (Å²) in [7, 11) is 0. The molecular weight excluding hydrogens is 245 g/mol. The number of carbonyl (C=O) groups excluding carboxylic acids is 1. The Morgan fingerprint density at radius 1 is 1.53 bits per heavy atom. The zero-order valence-corrected chi connectivity index (χ0v) is 10.4. The minimum absolute atomic E-state index is 0.0186. The highest BCUT2D eigenvalue weighted by molar-refractivity contribution is 6.30. The highest BCUT2D eigenvalue weighted by Crippen LogP contribution is 2.18. The van der Waals surface area contributed by atoms with Crippen LogP contribution in [0.5, 0.6) is 0 Å². The second-order valence-electron chi connectivity index (χ2n) is 3.56. The summed E-state index contributed by atoms with van der Waals surface area (Å²) in [4.78, 5) is 11.2. The van der Waals surface area contributed by atoms with Crippen LogP contribution in [0.4, 0.5) is 10.1 Å². The van der Waals surface area contributed by atoms with Crippen molar-refractivity contribution in [2.75, 3.05) is 18.5 Å². The summed E-state index contributed by atoms with van der Waals surface area (Å²) in [6.07, 6.45) is 1.82. The Morgan fingerprint density at radius 2 is 2.29 bits per heavy atom.